The Hall–Kier alpha value is -1.06. The molecule has 1 heterocycles. The van der Waals surface area contributed by atoms with Gasteiger partial charge in [0.05, 0.1) is 6.07 Å². The smallest absolute Gasteiger partial charge is 0.185 e. The van der Waals surface area contributed by atoms with Crippen molar-refractivity contribution in [1.29, 1.82) is 5.26 Å². The van der Waals surface area contributed by atoms with Gasteiger partial charge < -0.3 is 5.32 Å². The van der Waals surface area contributed by atoms with Crippen LogP contribution in [0.5, 0.6) is 0 Å². The number of aromatic nitrogens is 3. The molecular weight excluding hydrogens is 210 g/mol. The molecule has 0 spiro atoms. The van der Waals surface area contributed by atoms with Crippen molar-refractivity contribution in [2.45, 2.75) is 24.5 Å². The minimum absolute atomic E-state index is 0.119. The molecule has 0 radical (unpaired) electrons. The van der Waals surface area contributed by atoms with Crippen molar-refractivity contribution < 1.29 is 0 Å². The molecule has 6 heteroatoms. The van der Waals surface area contributed by atoms with Crippen LogP contribution >= 0.6 is 11.8 Å². The van der Waals surface area contributed by atoms with Crippen LogP contribution in [0, 0.1) is 11.3 Å². The standard InChI is InChI=1S/C9H15N5S/c1-3-4-11-8(5-10)6-15-9-12-7-13-14(9)2/h7-8,11H,3-4,6H2,1-2H3. The zero-order chi connectivity index (χ0) is 11.1. The predicted molar refractivity (Wildman–Crippen MR) is 59.4 cm³/mol. The normalized spacial score (nSPS) is 12.3. The summed E-state index contributed by atoms with van der Waals surface area (Å²) in [6, 6.07) is 2.11. The average molecular weight is 225 g/mol. The largest absolute Gasteiger partial charge is 0.301 e. The molecule has 0 aliphatic carbocycles. The van der Waals surface area contributed by atoms with Gasteiger partial charge in [0.1, 0.15) is 12.4 Å². The lowest BCUT2D eigenvalue weighted by Gasteiger charge is -2.09. The van der Waals surface area contributed by atoms with Gasteiger partial charge in [0.15, 0.2) is 5.16 Å². The lowest BCUT2D eigenvalue weighted by Crippen LogP contribution is -2.30. The fourth-order valence-electron chi connectivity index (χ4n) is 1.03. The zero-order valence-electron chi connectivity index (χ0n) is 8.97. The molecule has 0 fully saturated rings. The van der Waals surface area contributed by atoms with E-state index in [1.54, 1.807) is 16.4 Å². The molecule has 1 aromatic heterocycles. The van der Waals surface area contributed by atoms with Gasteiger partial charge in [-0.2, -0.15) is 10.4 Å². The SMILES string of the molecule is CCCNC(C#N)CSc1ncnn1C. The topological polar surface area (TPSA) is 66.5 Å². The first-order valence-electron chi connectivity index (χ1n) is 4.87. The highest BCUT2D eigenvalue weighted by Gasteiger charge is 2.08. The van der Waals surface area contributed by atoms with Crippen LogP contribution in [-0.4, -0.2) is 33.1 Å². The molecule has 0 aromatic carbocycles. The van der Waals surface area contributed by atoms with E-state index >= 15 is 0 Å². The molecule has 0 bridgehead atoms. The molecule has 1 aromatic rings. The maximum Gasteiger partial charge on any atom is 0.185 e. The van der Waals surface area contributed by atoms with E-state index in [1.807, 2.05) is 7.05 Å². The van der Waals surface area contributed by atoms with Gasteiger partial charge in [-0.05, 0) is 13.0 Å². The van der Waals surface area contributed by atoms with E-state index in [1.165, 1.54) is 6.33 Å². The molecule has 0 aliphatic heterocycles. The number of thioether (sulfide) groups is 1. The van der Waals surface area contributed by atoms with E-state index in [0.717, 1.165) is 18.1 Å². The van der Waals surface area contributed by atoms with E-state index in [0.29, 0.717) is 5.75 Å². The number of nitrogens with one attached hydrogen (secondary N) is 1. The molecular formula is C9H15N5S. The molecule has 1 N–H and O–H groups in total. The summed E-state index contributed by atoms with van der Waals surface area (Å²) in [4.78, 5) is 4.08. The van der Waals surface area contributed by atoms with Crippen LogP contribution in [0.1, 0.15) is 13.3 Å². The molecule has 1 unspecified atom stereocenters. The Labute approximate surface area is 93.9 Å². The van der Waals surface area contributed by atoms with Crippen LogP contribution in [-0.2, 0) is 7.05 Å². The summed E-state index contributed by atoms with van der Waals surface area (Å²) >= 11 is 1.54. The first kappa shape index (κ1) is 12.0. The fourth-order valence-corrected chi connectivity index (χ4v) is 1.90. The first-order chi connectivity index (χ1) is 7.27. The molecule has 82 valence electrons. The van der Waals surface area contributed by atoms with Gasteiger partial charge in [0, 0.05) is 12.8 Å². The summed E-state index contributed by atoms with van der Waals surface area (Å²) in [6.07, 6.45) is 2.55. The van der Waals surface area contributed by atoms with Crippen LogP contribution in [0.4, 0.5) is 0 Å². The lowest BCUT2D eigenvalue weighted by atomic mass is 10.3. The van der Waals surface area contributed by atoms with Gasteiger partial charge in [0.25, 0.3) is 0 Å². The molecule has 0 saturated carbocycles. The summed E-state index contributed by atoms with van der Waals surface area (Å²) in [5.74, 6) is 0.697. The van der Waals surface area contributed by atoms with E-state index in [2.05, 4.69) is 28.4 Å². The van der Waals surface area contributed by atoms with Crippen molar-refractivity contribution in [3.05, 3.63) is 6.33 Å². The van der Waals surface area contributed by atoms with E-state index in [9.17, 15) is 0 Å². The number of aryl methyl sites for hydroxylation is 1. The zero-order valence-corrected chi connectivity index (χ0v) is 9.79. The highest BCUT2D eigenvalue weighted by Crippen LogP contribution is 2.13. The van der Waals surface area contributed by atoms with Crippen molar-refractivity contribution in [1.82, 2.24) is 20.1 Å². The molecule has 5 nitrogen and oxygen atoms in total. The predicted octanol–water partition coefficient (Wildman–Crippen LogP) is 0.799. The van der Waals surface area contributed by atoms with Gasteiger partial charge in [-0.25, -0.2) is 9.67 Å². The summed E-state index contributed by atoms with van der Waals surface area (Å²) < 4.78 is 1.71. The van der Waals surface area contributed by atoms with Gasteiger partial charge in [-0.1, -0.05) is 18.7 Å². The van der Waals surface area contributed by atoms with Gasteiger partial charge >= 0.3 is 0 Å². The molecule has 0 aliphatic rings. The number of hydrogen-bond donors (Lipinski definition) is 1. The Kier molecular flexibility index (Phi) is 5.15. The summed E-state index contributed by atoms with van der Waals surface area (Å²) in [5.41, 5.74) is 0. The highest BCUT2D eigenvalue weighted by atomic mass is 32.2. The van der Waals surface area contributed by atoms with Crippen molar-refractivity contribution >= 4 is 11.8 Å². The summed E-state index contributed by atoms with van der Waals surface area (Å²) in [7, 11) is 1.84. The highest BCUT2D eigenvalue weighted by molar-refractivity contribution is 7.99. The lowest BCUT2D eigenvalue weighted by molar-refractivity contribution is 0.634. The van der Waals surface area contributed by atoms with Crippen molar-refractivity contribution in [2.24, 2.45) is 7.05 Å². The Morgan fingerprint density at radius 3 is 3.07 bits per heavy atom. The minimum Gasteiger partial charge on any atom is -0.301 e. The Morgan fingerprint density at radius 1 is 1.73 bits per heavy atom. The van der Waals surface area contributed by atoms with Crippen LogP contribution in [0.25, 0.3) is 0 Å². The van der Waals surface area contributed by atoms with Crippen LogP contribution in [0.3, 0.4) is 0 Å². The average Bonchev–Trinajstić information content (AvgIpc) is 2.65. The molecule has 0 saturated heterocycles. The Morgan fingerprint density at radius 2 is 2.53 bits per heavy atom. The summed E-state index contributed by atoms with van der Waals surface area (Å²) in [5, 5.41) is 16.8. The van der Waals surface area contributed by atoms with Gasteiger partial charge in [-0.3, -0.25) is 0 Å². The van der Waals surface area contributed by atoms with E-state index in [-0.39, 0.29) is 6.04 Å². The Balaban J connectivity index is 2.35. The van der Waals surface area contributed by atoms with E-state index in [4.69, 9.17) is 5.26 Å². The third-order valence-corrected chi connectivity index (χ3v) is 2.97. The van der Waals surface area contributed by atoms with Gasteiger partial charge in [-0.15, -0.1) is 0 Å². The second-order valence-corrected chi connectivity index (χ2v) is 4.10. The van der Waals surface area contributed by atoms with Crippen LogP contribution < -0.4 is 5.32 Å². The quantitative estimate of drug-likeness (QED) is 0.725. The number of hydrogen-bond acceptors (Lipinski definition) is 5. The Bertz CT molecular complexity index is 329. The molecule has 1 rings (SSSR count). The molecule has 0 amide bonds. The van der Waals surface area contributed by atoms with Crippen LogP contribution in [0.15, 0.2) is 11.5 Å². The van der Waals surface area contributed by atoms with E-state index < -0.39 is 0 Å². The number of rotatable bonds is 6. The summed E-state index contributed by atoms with van der Waals surface area (Å²) in [6.45, 7) is 2.95. The van der Waals surface area contributed by atoms with Crippen molar-refractivity contribution in [2.75, 3.05) is 12.3 Å². The van der Waals surface area contributed by atoms with Crippen molar-refractivity contribution in [3.8, 4) is 6.07 Å². The maximum absolute atomic E-state index is 8.88. The third-order valence-electron chi connectivity index (χ3n) is 1.85. The minimum atomic E-state index is -0.119. The second kappa shape index (κ2) is 6.43. The first-order valence-corrected chi connectivity index (χ1v) is 5.86. The molecule has 1 atom stereocenters. The number of nitrogens with zero attached hydrogens (tertiary/aromatic N) is 4. The number of nitriles is 1. The van der Waals surface area contributed by atoms with Crippen LogP contribution in [0.2, 0.25) is 0 Å². The molecule has 15 heavy (non-hydrogen) atoms. The maximum atomic E-state index is 8.88. The third kappa shape index (κ3) is 3.90. The van der Waals surface area contributed by atoms with Gasteiger partial charge in [0.2, 0.25) is 0 Å². The van der Waals surface area contributed by atoms with Crippen molar-refractivity contribution in [3.63, 3.8) is 0 Å². The second-order valence-electron chi connectivity index (χ2n) is 3.11. The fraction of sp³-hybridized carbons (Fsp3) is 0.667. The monoisotopic (exact) mass is 225 g/mol.